The van der Waals surface area contributed by atoms with Crippen molar-refractivity contribution < 1.29 is 28.7 Å². The summed E-state index contributed by atoms with van der Waals surface area (Å²) in [7, 11) is 1.44. The number of ether oxygens (including phenoxy) is 2. The van der Waals surface area contributed by atoms with Crippen molar-refractivity contribution >= 4 is 35.6 Å². The molecule has 0 aliphatic heterocycles. The Kier molecular flexibility index (Phi) is 10.9. The third-order valence-electron chi connectivity index (χ3n) is 3.56. The summed E-state index contributed by atoms with van der Waals surface area (Å²) in [5, 5.41) is 6.97. The van der Waals surface area contributed by atoms with E-state index in [1.165, 1.54) is 24.9 Å². The van der Waals surface area contributed by atoms with Crippen LogP contribution in [0.15, 0.2) is 36.9 Å². The Labute approximate surface area is 173 Å². The summed E-state index contributed by atoms with van der Waals surface area (Å²) in [5.41, 5.74) is 0.272. The van der Waals surface area contributed by atoms with Crippen LogP contribution in [0, 0.1) is 0 Å². The summed E-state index contributed by atoms with van der Waals surface area (Å²) in [4.78, 5) is 48.0. The summed E-state index contributed by atoms with van der Waals surface area (Å²) in [6, 6.07) is 4.91. The fourth-order valence-electron chi connectivity index (χ4n) is 2.16. The monoisotopic (exact) mass is 423 g/mol. The summed E-state index contributed by atoms with van der Waals surface area (Å²) in [6.45, 7) is 2.96. The molecule has 0 aromatic heterocycles. The molecule has 10 heteroatoms. The van der Waals surface area contributed by atoms with Crippen molar-refractivity contribution in [2.75, 3.05) is 32.3 Å². The summed E-state index contributed by atoms with van der Waals surface area (Å²) >= 11 is 1.49. The second-order valence-electron chi connectivity index (χ2n) is 5.66. The Morgan fingerprint density at radius 1 is 1.24 bits per heavy atom. The molecule has 0 unspecified atom stereocenters. The molecular weight excluding hydrogens is 398 g/mol. The number of urea groups is 1. The molecule has 29 heavy (non-hydrogen) atoms. The first-order valence-corrected chi connectivity index (χ1v) is 10.1. The zero-order chi connectivity index (χ0) is 21.6. The molecule has 0 spiro atoms. The molecule has 1 aromatic rings. The number of esters is 1. The molecule has 0 aliphatic carbocycles. The summed E-state index contributed by atoms with van der Waals surface area (Å²) in [5.74, 6) is -1.11. The molecule has 0 bridgehead atoms. The molecule has 3 N–H and O–H groups in total. The molecule has 4 amide bonds. The molecule has 0 fully saturated rings. The number of carbonyl (C=O) groups excluding carboxylic acids is 4. The van der Waals surface area contributed by atoms with E-state index in [0.29, 0.717) is 17.9 Å². The molecule has 158 valence electrons. The Hall–Kier alpha value is -3.01. The van der Waals surface area contributed by atoms with Crippen LogP contribution in [0.4, 0.5) is 4.79 Å². The Balaban J connectivity index is 2.68. The number of benzene rings is 1. The predicted molar refractivity (Wildman–Crippen MR) is 110 cm³/mol. The van der Waals surface area contributed by atoms with Crippen LogP contribution in [0.1, 0.15) is 16.8 Å². The average Bonchev–Trinajstić information content (AvgIpc) is 2.73. The number of nitrogens with one attached hydrogen (secondary N) is 3. The molecule has 0 saturated carbocycles. The van der Waals surface area contributed by atoms with Gasteiger partial charge in [0.2, 0.25) is 0 Å². The Morgan fingerprint density at radius 3 is 2.62 bits per heavy atom. The topological polar surface area (TPSA) is 123 Å². The SMILES string of the molecule is C=CCNC(=O)NC(=O)COC(=O)[C@H](CCSC)NC(=O)c1ccccc1OC. The lowest BCUT2D eigenvalue weighted by molar-refractivity contribution is -0.150. The largest absolute Gasteiger partial charge is 0.496 e. The maximum absolute atomic E-state index is 12.5. The highest BCUT2D eigenvalue weighted by molar-refractivity contribution is 7.98. The van der Waals surface area contributed by atoms with Crippen molar-refractivity contribution in [3.63, 3.8) is 0 Å². The second kappa shape index (κ2) is 13.2. The van der Waals surface area contributed by atoms with Crippen LogP contribution in [0.5, 0.6) is 5.75 Å². The number of imide groups is 1. The third kappa shape index (κ3) is 8.69. The van der Waals surface area contributed by atoms with Gasteiger partial charge in [-0.25, -0.2) is 9.59 Å². The van der Waals surface area contributed by atoms with Gasteiger partial charge < -0.3 is 20.1 Å². The Morgan fingerprint density at radius 2 is 1.97 bits per heavy atom. The normalized spacial score (nSPS) is 11.0. The number of hydrogen-bond acceptors (Lipinski definition) is 7. The molecule has 0 radical (unpaired) electrons. The maximum atomic E-state index is 12.5. The van der Waals surface area contributed by atoms with E-state index in [0.717, 1.165) is 0 Å². The average molecular weight is 423 g/mol. The van der Waals surface area contributed by atoms with E-state index in [2.05, 4.69) is 17.2 Å². The number of thioether (sulfide) groups is 1. The number of para-hydroxylation sites is 1. The van der Waals surface area contributed by atoms with Crippen molar-refractivity contribution in [3.8, 4) is 5.75 Å². The standard InChI is InChI=1S/C19H25N3O6S/c1-4-10-20-19(26)22-16(23)12-28-18(25)14(9-11-29-3)21-17(24)13-7-5-6-8-15(13)27-2/h4-8,14H,1,9-12H2,2-3H3,(H,21,24)(H2,20,22,23,26)/t14-/m0/s1. The van der Waals surface area contributed by atoms with E-state index in [9.17, 15) is 19.2 Å². The van der Waals surface area contributed by atoms with E-state index in [4.69, 9.17) is 9.47 Å². The number of hydrogen-bond donors (Lipinski definition) is 3. The van der Waals surface area contributed by atoms with Crippen LogP contribution in [0.2, 0.25) is 0 Å². The summed E-state index contributed by atoms with van der Waals surface area (Å²) in [6.07, 6.45) is 3.62. The quantitative estimate of drug-likeness (QED) is 0.360. The highest BCUT2D eigenvalue weighted by Crippen LogP contribution is 2.17. The minimum Gasteiger partial charge on any atom is -0.496 e. The first kappa shape index (κ1) is 24.0. The van der Waals surface area contributed by atoms with E-state index in [1.807, 2.05) is 11.6 Å². The zero-order valence-corrected chi connectivity index (χ0v) is 17.2. The predicted octanol–water partition coefficient (Wildman–Crippen LogP) is 1.10. The third-order valence-corrected chi connectivity index (χ3v) is 4.20. The van der Waals surface area contributed by atoms with Gasteiger partial charge in [0, 0.05) is 6.54 Å². The first-order valence-electron chi connectivity index (χ1n) is 8.71. The summed E-state index contributed by atoms with van der Waals surface area (Å²) < 4.78 is 10.1. The van der Waals surface area contributed by atoms with Gasteiger partial charge in [0.05, 0.1) is 12.7 Å². The van der Waals surface area contributed by atoms with Crippen LogP contribution in [-0.4, -0.2) is 62.1 Å². The number of carbonyl (C=O) groups is 4. The van der Waals surface area contributed by atoms with Crippen molar-refractivity contribution in [1.82, 2.24) is 16.0 Å². The molecule has 1 aromatic carbocycles. The van der Waals surface area contributed by atoms with Gasteiger partial charge in [-0.05, 0) is 30.6 Å². The number of amides is 4. The lowest BCUT2D eigenvalue weighted by Gasteiger charge is -2.18. The van der Waals surface area contributed by atoms with Crippen LogP contribution in [0.25, 0.3) is 0 Å². The van der Waals surface area contributed by atoms with Crippen molar-refractivity contribution in [2.45, 2.75) is 12.5 Å². The van der Waals surface area contributed by atoms with E-state index in [1.54, 1.807) is 24.3 Å². The van der Waals surface area contributed by atoms with Gasteiger partial charge in [0.15, 0.2) is 6.61 Å². The van der Waals surface area contributed by atoms with E-state index >= 15 is 0 Å². The minimum absolute atomic E-state index is 0.185. The molecule has 1 atom stereocenters. The highest BCUT2D eigenvalue weighted by Gasteiger charge is 2.24. The van der Waals surface area contributed by atoms with E-state index in [-0.39, 0.29) is 12.1 Å². The first-order chi connectivity index (χ1) is 13.9. The fourth-order valence-corrected chi connectivity index (χ4v) is 2.63. The molecule has 1 rings (SSSR count). The zero-order valence-electron chi connectivity index (χ0n) is 16.4. The van der Waals surface area contributed by atoms with Crippen molar-refractivity contribution in [2.24, 2.45) is 0 Å². The minimum atomic E-state index is -0.956. The van der Waals surface area contributed by atoms with Gasteiger partial charge in [-0.3, -0.25) is 14.9 Å². The van der Waals surface area contributed by atoms with Crippen LogP contribution in [0.3, 0.4) is 0 Å². The molecular formula is C19H25N3O6S. The lowest BCUT2D eigenvalue weighted by atomic mass is 10.1. The van der Waals surface area contributed by atoms with Crippen LogP contribution in [-0.2, 0) is 14.3 Å². The molecule has 0 saturated heterocycles. The van der Waals surface area contributed by atoms with E-state index < -0.39 is 36.5 Å². The van der Waals surface area contributed by atoms with Crippen LogP contribution >= 0.6 is 11.8 Å². The number of rotatable bonds is 11. The molecule has 0 heterocycles. The second-order valence-corrected chi connectivity index (χ2v) is 6.65. The fraction of sp³-hybridized carbons (Fsp3) is 0.368. The lowest BCUT2D eigenvalue weighted by Crippen LogP contribution is -2.45. The van der Waals surface area contributed by atoms with Crippen molar-refractivity contribution in [3.05, 3.63) is 42.5 Å². The maximum Gasteiger partial charge on any atom is 0.329 e. The number of methoxy groups -OCH3 is 1. The van der Waals surface area contributed by atoms with Gasteiger partial charge in [-0.15, -0.1) is 6.58 Å². The van der Waals surface area contributed by atoms with Gasteiger partial charge >= 0.3 is 12.0 Å². The van der Waals surface area contributed by atoms with Gasteiger partial charge in [-0.1, -0.05) is 18.2 Å². The highest BCUT2D eigenvalue weighted by atomic mass is 32.2. The van der Waals surface area contributed by atoms with Gasteiger partial charge in [-0.2, -0.15) is 11.8 Å². The van der Waals surface area contributed by atoms with Crippen molar-refractivity contribution in [1.29, 1.82) is 0 Å². The smallest absolute Gasteiger partial charge is 0.329 e. The van der Waals surface area contributed by atoms with Gasteiger partial charge in [0.1, 0.15) is 11.8 Å². The van der Waals surface area contributed by atoms with Gasteiger partial charge in [0.25, 0.3) is 11.8 Å². The molecule has 0 aliphatic rings. The Bertz CT molecular complexity index is 740. The molecule has 9 nitrogen and oxygen atoms in total. The van der Waals surface area contributed by atoms with Crippen LogP contribution < -0.4 is 20.7 Å².